The number of anilines is 2. The number of nitrogens with zero attached hydrogens (tertiary/aromatic N) is 3. The Hall–Kier alpha value is -3.05. The third kappa shape index (κ3) is 4.23. The quantitative estimate of drug-likeness (QED) is 0.774. The molecule has 1 N–H and O–H groups in total. The molecule has 2 aromatic rings. The summed E-state index contributed by atoms with van der Waals surface area (Å²) in [6, 6.07) is 13.4. The summed E-state index contributed by atoms with van der Waals surface area (Å²) >= 11 is 0. The van der Waals surface area contributed by atoms with Gasteiger partial charge in [-0.25, -0.2) is 8.42 Å². The second kappa shape index (κ2) is 7.89. The van der Waals surface area contributed by atoms with Gasteiger partial charge in [-0.3, -0.25) is 9.52 Å². The minimum absolute atomic E-state index is 0.125. The van der Waals surface area contributed by atoms with E-state index in [0.29, 0.717) is 24.3 Å². The van der Waals surface area contributed by atoms with E-state index in [0.717, 1.165) is 37.2 Å². The highest BCUT2D eigenvalue weighted by molar-refractivity contribution is 7.92. The number of carbonyl (C=O) groups is 1. The lowest BCUT2D eigenvalue weighted by atomic mass is 9.87. The predicted octanol–water partition coefficient (Wildman–Crippen LogP) is 3.08. The van der Waals surface area contributed by atoms with Crippen molar-refractivity contribution in [2.45, 2.75) is 37.0 Å². The van der Waals surface area contributed by atoms with E-state index in [1.54, 1.807) is 42.5 Å². The van der Waals surface area contributed by atoms with E-state index in [2.05, 4.69) is 23.5 Å². The van der Waals surface area contributed by atoms with Gasteiger partial charge < -0.3 is 9.80 Å². The number of nitrogens with one attached hydrogen (secondary N) is 1. The molecule has 0 atom stereocenters. The Kier molecular flexibility index (Phi) is 5.40. The lowest BCUT2D eigenvalue weighted by Gasteiger charge is -2.24. The van der Waals surface area contributed by atoms with Gasteiger partial charge in [0.05, 0.1) is 23.1 Å². The molecule has 2 heterocycles. The number of rotatable bonds is 5. The largest absolute Gasteiger partial charge is 0.361 e. The maximum Gasteiger partial charge on any atom is 0.261 e. The molecule has 1 fully saturated rings. The van der Waals surface area contributed by atoms with E-state index in [9.17, 15) is 13.2 Å². The van der Waals surface area contributed by atoms with E-state index in [1.807, 2.05) is 11.0 Å². The molecule has 8 heteroatoms. The highest BCUT2D eigenvalue weighted by Gasteiger charge is 2.37. The van der Waals surface area contributed by atoms with Crippen molar-refractivity contribution in [3.8, 4) is 6.07 Å². The van der Waals surface area contributed by atoms with Gasteiger partial charge in [-0.05, 0) is 60.9 Å². The molecule has 0 radical (unpaired) electrons. The molecule has 1 amide bonds. The summed E-state index contributed by atoms with van der Waals surface area (Å²) in [5, 5.41) is 8.90. The molecule has 0 aliphatic carbocycles. The zero-order valence-electron chi connectivity index (χ0n) is 17.8. The number of fused-ring (bicyclic) bond motifs is 1. The van der Waals surface area contributed by atoms with E-state index in [1.165, 1.54) is 0 Å². The minimum Gasteiger partial charge on any atom is -0.361 e. The van der Waals surface area contributed by atoms with Crippen molar-refractivity contribution in [2.24, 2.45) is 0 Å². The number of hydrogen-bond acceptors (Lipinski definition) is 5. The van der Waals surface area contributed by atoms with Crippen LogP contribution in [0.3, 0.4) is 0 Å². The first-order chi connectivity index (χ1) is 14.7. The second-order valence-corrected chi connectivity index (χ2v) is 10.5. The van der Waals surface area contributed by atoms with E-state index in [-0.39, 0.29) is 16.2 Å². The van der Waals surface area contributed by atoms with Gasteiger partial charge in [0.2, 0.25) is 5.91 Å². The van der Waals surface area contributed by atoms with Crippen molar-refractivity contribution < 1.29 is 13.2 Å². The number of carbonyl (C=O) groups excluding carboxylic acids is 1. The first-order valence-electron chi connectivity index (χ1n) is 10.4. The van der Waals surface area contributed by atoms with Gasteiger partial charge >= 0.3 is 0 Å². The molecular weight excluding hydrogens is 412 g/mol. The second-order valence-electron chi connectivity index (χ2n) is 8.80. The van der Waals surface area contributed by atoms with Crippen LogP contribution in [0.25, 0.3) is 0 Å². The predicted molar refractivity (Wildman–Crippen MR) is 119 cm³/mol. The summed E-state index contributed by atoms with van der Waals surface area (Å²) in [5.74, 6) is 0.125. The van der Waals surface area contributed by atoms with Crippen molar-refractivity contribution in [1.29, 1.82) is 5.26 Å². The van der Waals surface area contributed by atoms with E-state index in [4.69, 9.17) is 5.26 Å². The number of nitriles is 1. The van der Waals surface area contributed by atoms with Gasteiger partial charge in [0.25, 0.3) is 10.0 Å². The molecule has 7 nitrogen and oxygen atoms in total. The van der Waals surface area contributed by atoms with E-state index < -0.39 is 10.0 Å². The van der Waals surface area contributed by atoms with Gasteiger partial charge in [0, 0.05) is 36.4 Å². The summed E-state index contributed by atoms with van der Waals surface area (Å²) in [5.41, 5.74) is 2.42. The Labute approximate surface area is 183 Å². The summed E-state index contributed by atoms with van der Waals surface area (Å²) in [4.78, 5) is 16.8. The molecule has 0 spiro atoms. The Morgan fingerprint density at radius 3 is 2.45 bits per heavy atom. The SMILES string of the molecule is CC1(C)CN(CC(=O)N2CCCC2)c2ccc(S(=O)(=O)Nc3ccc(C#N)cc3)cc21. The number of hydrogen-bond donors (Lipinski definition) is 1. The van der Waals surface area contributed by atoms with Crippen molar-refractivity contribution >= 4 is 27.3 Å². The standard InChI is InChI=1S/C23H26N4O3S/c1-23(2)16-27(15-22(28)26-11-3-4-12-26)21-10-9-19(13-20(21)23)31(29,30)25-18-7-5-17(14-24)6-8-18/h5-10,13,25H,3-4,11-12,15-16H2,1-2H3. The molecule has 2 aliphatic heterocycles. The minimum atomic E-state index is -3.78. The summed E-state index contributed by atoms with van der Waals surface area (Å²) in [6.07, 6.45) is 2.11. The van der Waals surface area contributed by atoms with E-state index >= 15 is 0 Å². The molecule has 0 bridgehead atoms. The van der Waals surface area contributed by atoms with Gasteiger partial charge in [-0.15, -0.1) is 0 Å². The molecule has 4 rings (SSSR count). The number of sulfonamides is 1. The first-order valence-corrected chi connectivity index (χ1v) is 11.9. The van der Waals surface area contributed by atoms with Gasteiger partial charge in [0.15, 0.2) is 0 Å². The topological polar surface area (TPSA) is 93.5 Å². The summed E-state index contributed by atoms with van der Waals surface area (Å²) < 4.78 is 28.5. The highest BCUT2D eigenvalue weighted by atomic mass is 32.2. The van der Waals surface area contributed by atoms with Gasteiger partial charge in [-0.1, -0.05) is 13.8 Å². The fourth-order valence-electron chi connectivity index (χ4n) is 4.35. The van der Waals surface area contributed by atoms with Crippen LogP contribution in [0.1, 0.15) is 37.8 Å². The van der Waals surface area contributed by atoms with Crippen LogP contribution in [-0.2, 0) is 20.2 Å². The Balaban J connectivity index is 1.57. The Morgan fingerprint density at radius 2 is 1.81 bits per heavy atom. The average Bonchev–Trinajstić information content (AvgIpc) is 3.35. The van der Waals surface area contributed by atoms with Crippen molar-refractivity contribution in [3.05, 3.63) is 53.6 Å². The van der Waals surface area contributed by atoms with Crippen molar-refractivity contribution in [3.63, 3.8) is 0 Å². The van der Waals surface area contributed by atoms with Crippen LogP contribution in [0, 0.1) is 11.3 Å². The molecule has 0 unspecified atom stereocenters. The number of likely N-dealkylation sites (tertiary alicyclic amines) is 1. The molecular formula is C23H26N4O3S. The van der Waals surface area contributed by atoms with Crippen molar-refractivity contribution in [1.82, 2.24) is 4.90 Å². The number of benzene rings is 2. The average molecular weight is 439 g/mol. The molecule has 2 aromatic carbocycles. The first kappa shape index (κ1) is 21.2. The van der Waals surface area contributed by atoms with Gasteiger partial charge in [-0.2, -0.15) is 5.26 Å². The normalized spacial score (nSPS) is 17.3. The molecule has 0 saturated carbocycles. The van der Waals surface area contributed by atoms with Crippen LogP contribution >= 0.6 is 0 Å². The Morgan fingerprint density at radius 1 is 1.13 bits per heavy atom. The fraction of sp³-hybridized carbons (Fsp3) is 0.391. The lowest BCUT2D eigenvalue weighted by molar-refractivity contribution is -0.128. The fourth-order valence-corrected chi connectivity index (χ4v) is 5.43. The van der Waals surface area contributed by atoms with Crippen LogP contribution in [0.4, 0.5) is 11.4 Å². The molecule has 1 saturated heterocycles. The third-order valence-corrected chi connectivity index (χ3v) is 7.36. The maximum atomic E-state index is 12.9. The third-order valence-electron chi connectivity index (χ3n) is 5.99. The molecule has 0 aromatic heterocycles. The summed E-state index contributed by atoms with van der Waals surface area (Å²) in [6.45, 7) is 6.75. The zero-order chi connectivity index (χ0) is 22.2. The van der Waals surface area contributed by atoms with Crippen molar-refractivity contribution in [2.75, 3.05) is 35.8 Å². The van der Waals surface area contributed by atoms with Crippen LogP contribution in [0.5, 0.6) is 0 Å². The van der Waals surface area contributed by atoms with Crippen LogP contribution < -0.4 is 9.62 Å². The lowest BCUT2D eigenvalue weighted by Crippen LogP contribution is -2.40. The maximum absolute atomic E-state index is 12.9. The van der Waals surface area contributed by atoms with Gasteiger partial charge in [0.1, 0.15) is 0 Å². The highest BCUT2D eigenvalue weighted by Crippen LogP contribution is 2.41. The monoisotopic (exact) mass is 438 g/mol. The Bertz CT molecular complexity index is 1140. The van der Waals surface area contributed by atoms with Crippen LogP contribution in [0.15, 0.2) is 47.4 Å². The van der Waals surface area contributed by atoms with Crippen LogP contribution in [-0.4, -0.2) is 45.4 Å². The molecule has 31 heavy (non-hydrogen) atoms. The zero-order valence-corrected chi connectivity index (χ0v) is 18.6. The smallest absolute Gasteiger partial charge is 0.261 e. The molecule has 2 aliphatic rings. The summed E-state index contributed by atoms with van der Waals surface area (Å²) in [7, 11) is -3.78. The molecule has 162 valence electrons. The number of amides is 1. The van der Waals surface area contributed by atoms with Crippen LogP contribution in [0.2, 0.25) is 0 Å².